The Hall–Kier alpha value is -1.81. The van der Waals surface area contributed by atoms with Gasteiger partial charge in [-0.2, -0.15) is 13.2 Å². The van der Waals surface area contributed by atoms with E-state index < -0.39 is 11.7 Å². The van der Waals surface area contributed by atoms with E-state index in [2.05, 4.69) is 5.32 Å². The van der Waals surface area contributed by atoms with E-state index in [1.807, 2.05) is 12.1 Å². The van der Waals surface area contributed by atoms with Gasteiger partial charge in [-0.3, -0.25) is 0 Å². The first-order valence-electron chi connectivity index (χ1n) is 6.55. The molecule has 0 radical (unpaired) electrons. The second-order valence-corrected chi connectivity index (χ2v) is 4.95. The normalized spacial score (nSPS) is 14.9. The minimum absolute atomic E-state index is 0.244. The maximum Gasteiger partial charge on any atom is 0.417 e. The smallest absolute Gasteiger partial charge is 0.312 e. The fourth-order valence-electron chi connectivity index (χ4n) is 2.63. The molecule has 0 spiro atoms. The van der Waals surface area contributed by atoms with Gasteiger partial charge in [-0.25, -0.2) is 0 Å². The summed E-state index contributed by atoms with van der Waals surface area (Å²) in [6.07, 6.45) is -3.40. The first-order chi connectivity index (χ1) is 9.55. The summed E-state index contributed by atoms with van der Waals surface area (Å²) < 4.78 is 39.2. The summed E-state index contributed by atoms with van der Waals surface area (Å²) in [5, 5.41) is 3.24. The fraction of sp³-hybridized carbons (Fsp3) is 0.250. The topological polar surface area (TPSA) is 12.0 Å². The zero-order valence-electron chi connectivity index (χ0n) is 10.8. The van der Waals surface area contributed by atoms with Crippen molar-refractivity contribution in [2.75, 3.05) is 6.54 Å². The minimum atomic E-state index is -4.33. The second-order valence-electron chi connectivity index (χ2n) is 4.95. The van der Waals surface area contributed by atoms with E-state index in [1.54, 1.807) is 12.1 Å². The Morgan fingerprint density at radius 2 is 1.75 bits per heavy atom. The first-order valence-corrected chi connectivity index (χ1v) is 6.55. The van der Waals surface area contributed by atoms with Crippen molar-refractivity contribution in [3.05, 3.63) is 59.2 Å². The summed E-state index contributed by atoms with van der Waals surface area (Å²) in [5.74, 6) is 0. The Kier molecular flexibility index (Phi) is 3.26. The SMILES string of the molecule is FC(F)(F)c1ccccc1-c1ccc2c(c1)CNCC2. The van der Waals surface area contributed by atoms with Crippen LogP contribution in [0.2, 0.25) is 0 Å². The van der Waals surface area contributed by atoms with E-state index in [9.17, 15) is 13.2 Å². The maximum atomic E-state index is 13.1. The molecule has 0 fully saturated rings. The number of hydrogen-bond donors (Lipinski definition) is 1. The van der Waals surface area contributed by atoms with Crippen LogP contribution >= 0.6 is 0 Å². The van der Waals surface area contributed by atoms with Gasteiger partial charge in [0.05, 0.1) is 5.56 Å². The zero-order valence-corrected chi connectivity index (χ0v) is 10.8. The molecule has 0 saturated carbocycles. The highest BCUT2D eigenvalue weighted by Crippen LogP contribution is 2.37. The molecular formula is C16H14F3N. The number of alkyl halides is 3. The highest BCUT2D eigenvalue weighted by Gasteiger charge is 2.33. The molecule has 2 aromatic rings. The van der Waals surface area contributed by atoms with Crippen LogP contribution in [0.1, 0.15) is 16.7 Å². The maximum absolute atomic E-state index is 13.1. The number of rotatable bonds is 1. The summed E-state index contributed by atoms with van der Waals surface area (Å²) >= 11 is 0. The molecule has 2 aromatic carbocycles. The van der Waals surface area contributed by atoms with Crippen LogP contribution in [-0.2, 0) is 19.1 Å². The van der Waals surface area contributed by atoms with Gasteiger partial charge in [0, 0.05) is 6.54 Å². The molecule has 1 aliphatic rings. The molecule has 0 amide bonds. The van der Waals surface area contributed by atoms with Gasteiger partial charge in [-0.1, -0.05) is 30.3 Å². The summed E-state index contributed by atoms with van der Waals surface area (Å²) in [7, 11) is 0. The zero-order chi connectivity index (χ0) is 14.2. The molecule has 1 N–H and O–H groups in total. The summed E-state index contributed by atoms with van der Waals surface area (Å²) in [6, 6.07) is 11.3. The third-order valence-corrected chi connectivity index (χ3v) is 3.64. The standard InChI is InChI=1S/C16H14F3N/c17-16(18,19)15-4-2-1-3-14(15)12-6-5-11-7-8-20-10-13(11)9-12/h1-6,9,20H,7-8,10H2. The average Bonchev–Trinajstić information content (AvgIpc) is 2.46. The molecular weight excluding hydrogens is 263 g/mol. The molecule has 3 rings (SSSR count). The van der Waals surface area contributed by atoms with Gasteiger partial charge in [0.25, 0.3) is 0 Å². The van der Waals surface area contributed by atoms with Crippen molar-refractivity contribution < 1.29 is 13.2 Å². The Morgan fingerprint density at radius 1 is 0.950 bits per heavy atom. The summed E-state index contributed by atoms with van der Waals surface area (Å²) in [6.45, 7) is 1.64. The van der Waals surface area contributed by atoms with Crippen molar-refractivity contribution in [3.63, 3.8) is 0 Å². The number of nitrogens with one attached hydrogen (secondary N) is 1. The van der Waals surface area contributed by atoms with Crippen LogP contribution in [0.25, 0.3) is 11.1 Å². The van der Waals surface area contributed by atoms with E-state index in [0.29, 0.717) is 5.56 Å². The fourth-order valence-corrected chi connectivity index (χ4v) is 2.63. The van der Waals surface area contributed by atoms with Gasteiger partial charge in [-0.05, 0) is 47.4 Å². The van der Waals surface area contributed by atoms with Gasteiger partial charge in [-0.15, -0.1) is 0 Å². The lowest BCUT2D eigenvalue weighted by Gasteiger charge is -2.19. The van der Waals surface area contributed by atoms with Crippen LogP contribution in [0.5, 0.6) is 0 Å². The van der Waals surface area contributed by atoms with Crippen molar-refractivity contribution >= 4 is 0 Å². The lowest BCUT2D eigenvalue weighted by atomic mass is 9.93. The van der Waals surface area contributed by atoms with Gasteiger partial charge in [0.2, 0.25) is 0 Å². The Bertz CT molecular complexity index is 632. The first kappa shape index (κ1) is 13.2. The molecule has 1 heterocycles. The minimum Gasteiger partial charge on any atom is -0.312 e. The van der Waals surface area contributed by atoms with Crippen molar-refractivity contribution in [1.29, 1.82) is 0 Å². The third-order valence-electron chi connectivity index (χ3n) is 3.64. The van der Waals surface area contributed by atoms with Crippen LogP contribution in [-0.4, -0.2) is 6.54 Å². The Balaban J connectivity index is 2.10. The highest BCUT2D eigenvalue weighted by atomic mass is 19.4. The lowest BCUT2D eigenvalue weighted by Crippen LogP contribution is -2.23. The highest BCUT2D eigenvalue weighted by molar-refractivity contribution is 5.69. The molecule has 104 valence electrons. The molecule has 1 nitrogen and oxygen atoms in total. The van der Waals surface area contributed by atoms with Crippen LogP contribution < -0.4 is 5.32 Å². The molecule has 4 heteroatoms. The molecule has 0 unspecified atom stereocenters. The van der Waals surface area contributed by atoms with Crippen molar-refractivity contribution in [3.8, 4) is 11.1 Å². The Labute approximate surface area is 115 Å². The monoisotopic (exact) mass is 277 g/mol. The van der Waals surface area contributed by atoms with Crippen LogP contribution in [0, 0.1) is 0 Å². The molecule has 0 aromatic heterocycles. The quantitative estimate of drug-likeness (QED) is 0.830. The van der Waals surface area contributed by atoms with Gasteiger partial charge in [0.1, 0.15) is 0 Å². The van der Waals surface area contributed by atoms with Crippen LogP contribution in [0.3, 0.4) is 0 Å². The van der Waals surface area contributed by atoms with E-state index in [4.69, 9.17) is 0 Å². The number of fused-ring (bicyclic) bond motifs is 1. The van der Waals surface area contributed by atoms with E-state index >= 15 is 0 Å². The van der Waals surface area contributed by atoms with E-state index in [-0.39, 0.29) is 5.56 Å². The molecule has 0 atom stereocenters. The molecule has 0 bridgehead atoms. The van der Waals surface area contributed by atoms with Crippen LogP contribution in [0.15, 0.2) is 42.5 Å². The number of hydrogen-bond acceptors (Lipinski definition) is 1. The molecule has 1 aliphatic heterocycles. The molecule has 0 aliphatic carbocycles. The molecule has 20 heavy (non-hydrogen) atoms. The van der Waals surface area contributed by atoms with E-state index in [1.165, 1.54) is 17.7 Å². The van der Waals surface area contributed by atoms with Gasteiger partial charge < -0.3 is 5.32 Å². The third kappa shape index (κ3) is 2.43. The predicted molar refractivity (Wildman–Crippen MR) is 72.3 cm³/mol. The van der Waals surface area contributed by atoms with Gasteiger partial charge >= 0.3 is 6.18 Å². The predicted octanol–water partition coefficient (Wildman–Crippen LogP) is 4.02. The van der Waals surface area contributed by atoms with Crippen LogP contribution in [0.4, 0.5) is 13.2 Å². The average molecular weight is 277 g/mol. The van der Waals surface area contributed by atoms with Crippen molar-refractivity contribution in [2.24, 2.45) is 0 Å². The number of halogens is 3. The largest absolute Gasteiger partial charge is 0.417 e. The van der Waals surface area contributed by atoms with Crippen molar-refractivity contribution in [1.82, 2.24) is 5.32 Å². The Morgan fingerprint density at radius 3 is 2.55 bits per heavy atom. The lowest BCUT2D eigenvalue weighted by molar-refractivity contribution is -0.137. The second kappa shape index (κ2) is 4.94. The molecule has 0 saturated heterocycles. The summed E-state index contributed by atoms with van der Waals surface area (Å²) in [5.41, 5.74) is 2.60. The number of benzene rings is 2. The van der Waals surface area contributed by atoms with Crippen molar-refractivity contribution in [2.45, 2.75) is 19.1 Å². The van der Waals surface area contributed by atoms with E-state index in [0.717, 1.165) is 31.1 Å². The summed E-state index contributed by atoms with van der Waals surface area (Å²) in [4.78, 5) is 0. The van der Waals surface area contributed by atoms with Gasteiger partial charge in [0.15, 0.2) is 0 Å².